The minimum Gasteiger partial charge on any atom is -0.493 e. The Hall–Kier alpha value is -2.74. The highest BCUT2D eigenvalue weighted by atomic mass is 16.5. The lowest BCUT2D eigenvalue weighted by Gasteiger charge is -2.20. The average Bonchev–Trinajstić information content (AvgIpc) is 3.33. The summed E-state index contributed by atoms with van der Waals surface area (Å²) in [5.74, 6) is 1.69. The first-order valence-electron chi connectivity index (χ1n) is 9.25. The number of nitrogens with zero attached hydrogens (tertiary/aromatic N) is 2. The Morgan fingerprint density at radius 2 is 1.96 bits per heavy atom. The third-order valence-corrected chi connectivity index (χ3v) is 4.95. The van der Waals surface area contributed by atoms with E-state index in [1.807, 2.05) is 25.2 Å². The molecule has 0 bridgehead atoms. The minimum atomic E-state index is -0.169. The van der Waals surface area contributed by atoms with Crippen LogP contribution < -0.4 is 19.5 Å². The Balaban J connectivity index is 1.62. The molecule has 3 rings (SSSR count). The zero-order valence-electron chi connectivity index (χ0n) is 16.7. The first-order chi connectivity index (χ1) is 13.6. The molecule has 8 heteroatoms. The lowest BCUT2D eigenvalue weighted by atomic mass is 10.1. The SMILES string of the molecule is COc1cc(CCC(=O)N[C@H]2CCO[C@@H]2c2ccnn2C)cc(OC)c1OC. The Kier molecular flexibility index (Phi) is 6.41. The fourth-order valence-corrected chi connectivity index (χ4v) is 3.51. The van der Waals surface area contributed by atoms with Crippen LogP contribution in [0.2, 0.25) is 0 Å². The average molecular weight is 389 g/mol. The summed E-state index contributed by atoms with van der Waals surface area (Å²) in [6.07, 6.45) is 3.27. The van der Waals surface area contributed by atoms with Crippen molar-refractivity contribution in [3.8, 4) is 17.2 Å². The number of carbonyl (C=O) groups is 1. The second-order valence-electron chi connectivity index (χ2n) is 6.67. The highest BCUT2D eigenvalue weighted by molar-refractivity contribution is 5.76. The summed E-state index contributed by atoms with van der Waals surface area (Å²) in [6.45, 7) is 0.619. The number of aromatic nitrogens is 2. The predicted molar refractivity (Wildman–Crippen MR) is 103 cm³/mol. The van der Waals surface area contributed by atoms with E-state index in [1.165, 1.54) is 0 Å². The van der Waals surface area contributed by atoms with E-state index in [0.29, 0.717) is 36.7 Å². The van der Waals surface area contributed by atoms with E-state index in [1.54, 1.807) is 32.2 Å². The van der Waals surface area contributed by atoms with Gasteiger partial charge in [0.15, 0.2) is 11.5 Å². The molecule has 1 N–H and O–H groups in total. The monoisotopic (exact) mass is 389 g/mol. The molecule has 0 radical (unpaired) electrons. The standard InChI is InChI=1S/C20H27N3O5/c1-23-15(7-9-21-23)19-14(8-10-28-19)22-18(24)6-5-13-11-16(25-2)20(27-4)17(12-13)26-3/h7,9,11-12,14,19H,5-6,8,10H2,1-4H3,(H,22,24)/t14-,19-/m0/s1. The summed E-state index contributed by atoms with van der Waals surface area (Å²) in [5.41, 5.74) is 1.91. The number of ether oxygens (including phenoxy) is 4. The van der Waals surface area contributed by atoms with Crippen LogP contribution in [0.15, 0.2) is 24.4 Å². The maximum Gasteiger partial charge on any atom is 0.220 e. The van der Waals surface area contributed by atoms with E-state index in [4.69, 9.17) is 18.9 Å². The van der Waals surface area contributed by atoms with Gasteiger partial charge in [-0.3, -0.25) is 9.48 Å². The summed E-state index contributed by atoms with van der Waals surface area (Å²) in [5, 5.41) is 7.29. The maximum atomic E-state index is 12.5. The van der Waals surface area contributed by atoms with Gasteiger partial charge < -0.3 is 24.3 Å². The molecule has 0 saturated carbocycles. The Morgan fingerprint density at radius 1 is 1.25 bits per heavy atom. The first-order valence-corrected chi connectivity index (χ1v) is 9.25. The Labute approximate surface area is 164 Å². The molecule has 1 aromatic heterocycles. The number of aryl methyl sites for hydroxylation is 2. The topological polar surface area (TPSA) is 83.8 Å². The van der Waals surface area contributed by atoms with Crippen molar-refractivity contribution in [2.45, 2.75) is 31.4 Å². The third-order valence-electron chi connectivity index (χ3n) is 4.95. The number of benzene rings is 1. The first kappa shape index (κ1) is 20.0. The van der Waals surface area contributed by atoms with Crippen LogP contribution in [0.25, 0.3) is 0 Å². The van der Waals surface area contributed by atoms with E-state index in [2.05, 4.69) is 10.4 Å². The fourth-order valence-electron chi connectivity index (χ4n) is 3.51. The van der Waals surface area contributed by atoms with Crippen LogP contribution in [0.5, 0.6) is 17.2 Å². The summed E-state index contributed by atoms with van der Waals surface area (Å²) in [4.78, 5) is 12.5. The number of nitrogens with one attached hydrogen (secondary N) is 1. The molecule has 28 heavy (non-hydrogen) atoms. The molecule has 1 amide bonds. The van der Waals surface area contributed by atoms with E-state index >= 15 is 0 Å². The number of methoxy groups -OCH3 is 3. The fraction of sp³-hybridized carbons (Fsp3) is 0.500. The molecule has 1 aromatic carbocycles. The quantitative estimate of drug-likeness (QED) is 0.744. The highest BCUT2D eigenvalue weighted by Crippen LogP contribution is 2.38. The van der Waals surface area contributed by atoms with Crippen LogP contribution in [0.3, 0.4) is 0 Å². The van der Waals surface area contributed by atoms with Crippen molar-refractivity contribution in [3.63, 3.8) is 0 Å². The minimum absolute atomic E-state index is 0.0172. The van der Waals surface area contributed by atoms with Gasteiger partial charge in [-0.2, -0.15) is 5.10 Å². The van der Waals surface area contributed by atoms with Crippen LogP contribution in [-0.4, -0.2) is 49.7 Å². The van der Waals surface area contributed by atoms with Gasteiger partial charge in [0.1, 0.15) is 6.10 Å². The molecule has 1 aliphatic rings. The summed E-state index contributed by atoms with van der Waals surface area (Å²) < 4.78 is 23.7. The third kappa shape index (κ3) is 4.22. The van der Waals surface area contributed by atoms with Gasteiger partial charge in [-0.1, -0.05) is 0 Å². The van der Waals surface area contributed by atoms with Gasteiger partial charge in [0, 0.05) is 26.3 Å². The van der Waals surface area contributed by atoms with Gasteiger partial charge in [-0.15, -0.1) is 0 Å². The van der Waals surface area contributed by atoms with Crippen LogP contribution in [-0.2, 0) is 23.0 Å². The molecule has 2 heterocycles. The van der Waals surface area contributed by atoms with Gasteiger partial charge in [0.2, 0.25) is 11.7 Å². The van der Waals surface area contributed by atoms with Crippen molar-refractivity contribution in [2.75, 3.05) is 27.9 Å². The largest absolute Gasteiger partial charge is 0.493 e. The second kappa shape index (κ2) is 8.97. The number of amides is 1. The molecule has 0 aliphatic carbocycles. The van der Waals surface area contributed by atoms with Crippen LogP contribution in [0, 0.1) is 0 Å². The molecule has 1 aliphatic heterocycles. The van der Waals surface area contributed by atoms with Crippen molar-refractivity contribution in [1.29, 1.82) is 0 Å². The van der Waals surface area contributed by atoms with E-state index in [9.17, 15) is 4.79 Å². The summed E-state index contributed by atoms with van der Waals surface area (Å²) in [7, 11) is 6.59. The Bertz CT molecular complexity index is 795. The van der Waals surface area contributed by atoms with E-state index < -0.39 is 0 Å². The number of hydrogen-bond acceptors (Lipinski definition) is 6. The predicted octanol–water partition coefficient (Wildman–Crippen LogP) is 2.02. The van der Waals surface area contributed by atoms with Crippen molar-refractivity contribution in [1.82, 2.24) is 15.1 Å². The normalized spacial score (nSPS) is 18.7. The van der Waals surface area contributed by atoms with Crippen LogP contribution in [0.4, 0.5) is 0 Å². The second-order valence-corrected chi connectivity index (χ2v) is 6.67. The molecule has 0 spiro atoms. The van der Waals surface area contributed by atoms with Gasteiger partial charge in [0.05, 0.1) is 33.1 Å². The van der Waals surface area contributed by atoms with Gasteiger partial charge in [-0.25, -0.2) is 0 Å². The lowest BCUT2D eigenvalue weighted by Crippen LogP contribution is -2.37. The van der Waals surface area contributed by atoms with E-state index in [-0.39, 0.29) is 18.1 Å². The van der Waals surface area contributed by atoms with Crippen molar-refractivity contribution in [2.24, 2.45) is 7.05 Å². The molecular weight excluding hydrogens is 362 g/mol. The molecule has 0 unspecified atom stereocenters. The smallest absolute Gasteiger partial charge is 0.220 e. The van der Waals surface area contributed by atoms with Crippen molar-refractivity contribution in [3.05, 3.63) is 35.7 Å². The number of rotatable bonds is 8. The molecule has 2 atom stereocenters. The summed E-state index contributed by atoms with van der Waals surface area (Å²) >= 11 is 0. The molecule has 1 saturated heterocycles. The van der Waals surface area contributed by atoms with E-state index in [0.717, 1.165) is 17.7 Å². The molecule has 1 fully saturated rings. The van der Waals surface area contributed by atoms with Gasteiger partial charge in [-0.05, 0) is 36.6 Å². The zero-order valence-corrected chi connectivity index (χ0v) is 16.7. The van der Waals surface area contributed by atoms with Gasteiger partial charge in [0.25, 0.3) is 0 Å². The van der Waals surface area contributed by atoms with Crippen LogP contribution in [0.1, 0.15) is 30.2 Å². The Morgan fingerprint density at radius 3 is 2.54 bits per heavy atom. The van der Waals surface area contributed by atoms with Crippen LogP contribution >= 0.6 is 0 Å². The van der Waals surface area contributed by atoms with Crippen molar-refractivity contribution >= 4 is 5.91 Å². The summed E-state index contributed by atoms with van der Waals surface area (Å²) in [6, 6.07) is 5.60. The molecule has 152 valence electrons. The molecule has 8 nitrogen and oxygen atoms in total. The molecular formula is C20H27N3O5. The zero-order chi connectivity index (χ0) is 20.1. The van der Waals surface area contributed by atoms with Gasteiger partial charge >= 0.3 is 0 Å². The maximum absolute atomic E-state index is 12.5. The lowest BCUT2D eigenvalue weighted by molar-refractivity contribution is -0.122. The number of carbonyl (C=O) groups excluding carboxylic acids is 1. The van der Waals surface area contributed by atoms with Crippen molar-refractivity contribution < 1.29 is 23.7 Å². The number of hydrogen-bond donors (Lipinski definition) is 1. The molecule has 2 aromatic rings. The highest BCUT2D eigenvalue weighted by Gasteiger charge is 2.32.